The summed E-state index contributed by atoms with van der Waals surface area (Å²) >= 11 is 0. The number of aryl methyl sites for hydroxylation is 1. The van der Waals surface area contributed by atoms with E-state index in [1.807, 2.05) is 19.1 Å². The Morgan fingerprint density at radius 3 is 3.07 bits per heavy atom. The molecule has 0 fully saturated rings. The van der Waals surface area contributed by atoms with E-state index in [0.717, 1.165) is 30.6 Å². The van der Waals surface area contributed by atoms with E-state index in [1.54, 1.807) is 6.26 Å². The summed E-state index contributed by atoms with van der Waals surface area (Å²) in [6.45, 7) is 2.70. The minimum Gasteiger partial charge on any atom is -0.495 e. The normalized spacial score (nSPS) is 18.1. The van der Waals surface area contributed by atoms with Crippen LogP contribution in [0.2, 0.25) is 0 Å². The lowest BCUT2D eigenvalue weighted by molar-refractivity contribution is 0.0907. The van der Waals surface area contributed by atoms with E-state index in [9.17, 15) is 5.11 Å². The van der Waals surface area contributed by atoms with E-state index >= 15 is 0 Å². The Kier molecular flexibility index (Phi) is 3.11. The summed E-state index contributed by atoms with van der Waals surface area (Å²) in [5, 5.41) is 10.1. The predicted octanol–water partition coefficient (Wildman–Crippen LogP) is 2.57. The Morgan fingerprint density at radius 1 is 1.53 bits per heavy atom. The zero-order valence-electron chi connectivity index (χ0n) is 8.90. The second kappa shape index (κ2) is 4.53. The first-order chi connectivity index (χ1) is 7.33. The van der Waals surface area contributed by atoms with Crippen molar-refractivity contribution in [1.82, 2.24) is 0 Å². The highest BCUT2D eigenvalue weighted by molar-refractivity contribution is 5.26. The molecule has 0 aliphatic carbocycles. The molecular weight excluding hydrogens is 192 g/mol. The van der Waals surface area contributed by atoms with Gasteiger partial charge in [-0.3, -0.25) is 0 Å². The summed E-state index contributed by atoms with van der Waals surface area (Å²) in [6, 6.07) is 1.81. The molecule has 0 saturated heterocycles. The number of hydrogen-bond donors (Lipinski definition) is 1. The van der Waals surface area contributed by atoms with Crippen LogP contribution in [0.4, 0.5) is 0 Å². The molecule has 3 nitrogen and oxygen atoms in total. The van der Waals surface area contributed by atoms with Crippen molar-refractivity contribution in [3.05, 3.63) is 35.5 Å². The largest absolute Gasteiger partial charge is 0.495 e. The van der Waals surface area contributed by atoms with E-state index < -0.39 is 6.10 Å². The van der Waals surface area contributed by atoms with Gasteiger partial charge < -0.3 is 14.3 Å². The van der Waals surface area contributed by atoms with Gasteiger partial charge in [-0.2, -0.15) is 0 Å². The van der Waals surface area contributed by atoms with Crippen molar-refractivity contribution in [2.75, 3.05) is 6.61 Å². The molecule has 0 spiro atoms. The lowest BCUT2D eigenvalue weighted by atomic mass is 10.1. The van der Waals surface area contributed by atoms with E-state index in [-0.39, 0.29) is 0 Å². The smallest absolute Gasteiger partial charge is 0.139 e. The third-order valence-corrected chi connectivity index (χ3v) is 2.63. The monoisotopic (exact) mass is 208 g/mol. The third-order valence-electron chi connectivity index (χ3n) is 2.63. The number of allylic oxidation sites excluding steroid dienone is 1. The van der Waals surface area contributed by atoms with Gasteiger partial charge in [0.2, 0.25) is 0 Å². The van der Waals surface area contributed by atoms with Gasteiger partial charge in [-0.05, 0) is 25.0 Å². The molecule has 3 heteroatoms. The molecule has 1 unspecified atom stereocenters. The summed E-state index contributed by atoms with van der Waals surface area (Å²) in [4.78, 5) is 0. The SMILES string of the molecule is CCc1occc1C(O)C1=CCCCO1. The van der Waals surface area contributed by atoms with E-state index in [0.29, 0.717) is 12.4 Å². The molecule has 1 atom stereocenters. The first-order valence-corrected chi connectivity index (χ1v) is 5.40. The van der Waals surface area contributed by atoms with E-state index in [1.165, 1.54) is 0 Å². The maximum atomic E-state index is 10.1. The van der Waals surface area contributed by atoms with Crippen molar-refractivity contribution in [3.8, 4) is 0 Å². The summed E-state index contributed by atoms with van der Waals surface area (Å²) in [5.41, 5.74) is 0.825. The maximum absolute atomic E-state index is 10.1. The fraction of sp³-hybridized carbons (Fsp3) is 0.500. The third kappa shape index (κ3) is 2.07. The average molecular weight is 208 g/mol. The minimum atomic E-state index is -0.668. The lowest BCUT2D eigenvalue weighted by Gasteiger charge is -2.19. The van der Waals surface area contributed by atoms with Gasteiger partial charge in [-0.25, -0.2) is 0 Å². The first kappa shape index (κ1) is 10.3. The molecule has 1 aliphatic heterocycles. The molecule has 1 aromatic rings. The standard InChI is InChI=1S/C12H16O3/c1-2-10-9(6-8-15-10)12(13)11-5-3-4-7-14-11/h5-6,8,12-13H,2-4,7H2,1H3. The second-order valence-electron chi connectivity index (χ2n) is 3.65. The van der Waals surface area contributed by atoms with Gasteiger partial charge in [-0.15, -0.1) is 0 Å². The molecule has 0 radical (unpaired) electrons. The van der Waals surface area contributed by atoms with Crippen molar-refractivity contribution in [2.24, 2.45) is 0 Å². The molecule has 15 heavy (non-hydrogen) atoms. The fourth-order valence-corrected chi connectivity index (χ4v) is 1.80. The van der Waals surface area contributed by atoms with Gasteiger partial charge in [0.15, 0.2) is 0 Å². The summed E-state index contributed by atoms with van der Waals surface area (Å²) < 4.78 is 10.7. The van der Waals surface area contributed by atoms with Crippen LogP contribution in [0.25, 0.3) is 0 Å². The fourth-order valence-electron chi connectivity index (χ4n) is 1.80. The molecular formula is C12H16O3. The number of aliphatic hydroxyl groups is 1. The number of rotatable bonds is 3. The highest BCUT2D eigenvalue weighted by Gasteiger charge is 2.21. The molecule has 0 aromatic carbocycles. The van der Waals surface area contributed by atoms with Crippen LogP contribution in [0.1, 0.15) is 37.2 Å². The quantitative estimate of drug-likeness (QED) is 0.830. The van der Waals surface area contributed by atoms with Gasteiger partial charge in [0.25, 0.3) is 0 Å². The van der Waals surface area contributed by atoms with Crippen molar-refractivity contribution in [3.63, 3.8) is 0 Å². The molecule has 1 aliphatic rings. The lowest BCUT2D eigenvalue weighted by Crippen LogP contribution is -2.10. The molecule has 1 N–H and O–H groups in total. The van der Waals surface area contributed by atoms with Gasteiger partial charge >= 0.3 is 0 Å². The Bertz CT molecular complexity index is 352. The average Bonchev–Trinajstić information content (AvgIpc) is 2.77. The minimum absolute atomic E-state index is 0.664. The molecule has 2 rings (SSSR count). The van der Waals surface area contributed by atoms with Crippen LogP contribution in [0.5, 0.6) is 0 Å². The van der Waals surface area contributed by atoms with Crippen molar-refractivity contribution in [2.45, 2.75) is 32.3 Å². The summed E-state index contributed by atoms with van der Waals surface area (Å²) in [5.74, 6) is 1.50. The van der Waals surface area contributed by atoms with E-state index in [4.69, 9.17) is 9.15 Å². The van der Waals surface area contributed by atoms with Crippen molar-refractivity contribution >= 4 is 0 Å². The molecule has 1 aromatic heterocycles. The van der Waals surface area contributed by atoms with Crippen LogP contribution < -0.4 is 0 Å². The highest BCUT2D eigenvalue weighted by Crippen LogP contribution is 2.29. The zero-order valence-corrected chi connectivity index (χ0v) is 8.90. The molecule has 0 amide bonds. The number of hydrogen-bond acceptors (Lipinski definition) is 3. The van der Waals surface area contributed by atoms with Gasteiger partial charge in [-0.1, -0.05) is 6.92 Å². The summed E-state index contributed by atoms with van der Waals surface area (Å²) in [6.07, 6.45) is 5.70. The van der Waals surface area contributed by atoms with Crippen LogP contribution in [0, 0.1) is 0 Å². The molecule has 2 heterocycles. The van der Waals surface area contributed by atoms with Gasteiger partial charge in [0, 0.05) is 12.0 Å². The Hall–Kier alpha value is -1.22. The van der Waals surface area contributed by atoms with Gasteiger partial charge in [0.05, 0.1) is 12.9 Å². The van der Waals surface area contributed by atoms with Crippen molar-refractivity contribution < 1.29 is 14.3 Å². The van der Waals surface area contributed by atoms with Crippen LogP contribution >= 0.6 is 0 Å². The van der Waals surface area contributed by atoms with Crippen LogP contribution in [0.3, 0.4) is 0 Å². The Morgan fingerprint density at radius 2 is 2.40 bits per heavy atom. The predicted molar refractivity (Wildman–Crippen MR) is 56.3 cm³/mol. The molecule has 0 bridgehead atoms. The van der Waals surface area contributed by atoms with E-state index in [2.05, 4.69) is 0 Å². The number of ether oxygens (including phenoxy) is 1. The summed E-state index contributed by atoms with van der Waals surface area (Å²) in [7, 11) is 0. The second-order valence-corrected chi connectivity index (χ2v) is 3.65. The zero-order chi connectivity index (χ0) is 10.7. The Labute approximate surface area is 89.4 Å². The van der Waals surface area contributed by atoms with Crippen molar-refractivity contribution in [1.29, 1.82) is 0 Å². The highest BCUT2D eigenvalue weighted by atomic mass is 16.5. The maximum Gasteiger partial charge on any atom is 0.139 e. The first-order valence-electron chi connectivity index (χ1n) is 5.40. The molecule has 0 saturated carbocycles. The van der Waals surface area contributed by atoms with Gasteiger partial charge in [0.1, 0.15) is 17.6 Å². The topological polar surface area (TPSA) is 42.6 Å². The van der Waals surface area contributed by atoms with Crippen LogP contribution in [0.15, 0.2) is 28.6 Å². The molecule has 82 valence electrons. The number of furan rings is 1. The van der Waals surface area contributed by atoms with Crippen LogP contribution in [-0.4, -0.2) is 11.7 Å². The Balaban J connectivity index is 2.19. The number of aliphatic hydroxyl groups excluding tert-OH is 1. The van der Waals surface area contributed by atoms with Crippen LogP contribution in [-0.2, 0) is 11.2 Å².